The summed E-state index contributed by atoms with van der Waals surface area (Å²) in [5.41, 5.74) is 1.87. The first-order valence-corrected chi connectivity index (χ1v) is 9.56. The molecule has 3 rings (SSSR count). The summed E-state index contributed by atoms with van der Waals surface area (Å²) in [7, 11) is 0. The Bertz CT molecular complexity index is 999. The molecule has 0 aliphatic heterocycles. The van der Waals surface area contributed by atoms with Gasteiger partial charge < -0.3 is 9.88 Å². The van der Waals surface area contributed by atoms with E-state index in [1.807, 2.05) is 28.8 Å². The Kier molecular flexibility index (Phi) is 5.91. The highest BCUT2D eigenvalue weighted by atomic mass is 79.9. The number of halogens is 2. The average molecular weight is 433 g/mol. The van der Waals surface area contributed by atoms with Gasteiger partial charge in [0, 0.05) is 11.0 Å². The molecule has 0 saturated carbocycles. The number of thioether (sulfide) groups is 1. The number of hydrogen-bond donors (Lipinski definition) is 1. The maximum Gasteiger partial charge on any atom is 0.234 e. The van der Waals surface area contributed by atoms with Crippen LogP contribution in [-0.4, -0.2) is 21.2 Å². The molecule has 5 nitrogen and oxygen atoms in total. The fourth-order valence-electron chi connectivity index (χ4n) is 2.45. The number of imidazole rings is 1. The van der Waals surface area contributed by atoms with Crippen molar-refractivity contribution < 1.29 is 9.18 Å². The molecule has 0 atom stereocenters. The van der Waals surface area contributed by atoms with Gasteiger partial charge >= 0.3 is 0 Å². The maximum atomic E-state index is 13.8. The van der Waals surface area contributed by atoms with Crippen molar-refractivity contribution in [2.24, 2.45) is 0 Å². The van der Waals surface area contributed by atoms with Crippen molar-refractivity contribution in [2.45, 2.75) is 18.1 Å². The van der Waals surface area contributed by atoms with E-state index in [4.69, 9.17) is 5.26 Å². The molecule has 0 unspecified atom stereocenters. The zero-order valence-electron chi connectivity index (χ0n) is 13.6. The van der Waals surface area contributed by atoms with Gasteiger partial charge in [-0.25, -0.2) is 9.37 Å². The van der Waals surface area contributed by atoms with Crippen LogP contribution in [0.4, 0.5) is 10.1 Å². The van der Waals surface area contributed by atoms with Gasteiger partial charge in [0.05, 0.1) is 35.0 Å². The van der Waals surface area contributed by atoms with Gasteiger partial charge in [0.2, 0.25) is 5.91 Å². The second kappa shape index (κ2) is 8.34. The molecule has 3 aromatic rings. The SMILES string of the molecule is N#CCCn1c(SCC(=O)Nc2ccc(Br)cc2F)nc2ccccc21. The van der Waals surface area contributed by atoms with Crippen LogP contribution in [0.5, 0.6) is 0 Å². The van der Waals surface area contributed by atoms with Gasteiger partial charge in [0.15, 0.2) is 5.16 Å². The van der Waals surface area contributed by atoms with E-state index in [0.717, 1.165) is 11.0 Å². The molecule has 1 N–H and O–H groups in total. The number of nitriles is 1. The number of aromatic nitrogens is 2. The number of rotatable bonds is 6. The van der Waals surface area contributed by atoms with Crippen LogP contribution in [0.2, 0.25) is 0 Å². The fourth-order valence-corrected chi connectivity index (χ4v) is 3.62. The van der Waals surface area contributed by atoms with E-state index in [2.05, 4.69) is 32.3 Å². The summed E-state index contributed by atoms with van der Waals surface area (Å²) in [5.74, 6) is -0.736. The summed E-state index contributed by atoms with van der Waals surface area (Å²) >= 11 is 4.44. The lowest BCUT2D eigenvalue weighted by molar-refractivity contribution is -0.113. The average Bonchev–Trinajstić information content (AvgIpc) is 2.98. The standard InChI is InChI=1S/C18H14BrFN4OS/c19-12-6-7-14(13(20)10-12)22-17(25)11-26-18-23-15-4-1-2-5-16(15)24(18)9-3-8-21/h1-2,4-7,10H,3,9,11H2,(H,22,25). The zero-order valence-corrected chi connectivity index (χ0v) is 16.0. The highest BCUT2D eigenvalue weighted by Crippen LogP contribution is 2.25. The minimum absolute atomic E-state index is 0.0887. The Labute approximate surface area is 162 Å². The number of para-hydroxylation sites is 2. The lowest BCUT2D eigenvalue weighted by Gasteiger charge is -2.08. The summed E-state index contributed by atoms with van der Waals surface area (Å²) < 4.78 is 16.4. The lowest BCUT2D eigenvalue weighted by Crippen LogP contribution is -2.15. The second-order valence-electron chi connectivity index (χ2n) is 5.40. The van der Waals surface area contributed by atoms with Crippen LogP contribution in [0.3, 0.4) is 0 Å². The van der Waals surface area contributed by atoms with Crippen molar-refractivity contribution in [3.63, 3.8) is 0 Å². The lowest BCUT2D eigenvalue weighted by atomic mass is 10.3. The number of nitrogens with zero attached hydrogens (tertiary/aromatic N) is 3. The van der Waals surface area contributed by atoms with E-state index in [1.54, 1.807) is 6.07 Å². The highest BCUT2D eigenvalue weighted by molar-refractivity contribution is 9.10. The van der Waals surface area contributed by atoms with Crippen molar-refractivity contribution in [1.82, 2.24) is 9.55 Å². The van der Waals surface area contributed by atoms with Crippen LogP contribution >= 0.6 is 27.7 Å². The van der Waals surface area contributed by atoms with Gasteiger partial charge in [-0.15, -0.1) is 0 Å². The smallest absolute Gasteiger partial charge is 0.234 e. The molecule has 0 bridgehead atoms. The Morgan fingerprint density at radius 3 is 2.92 bits per heavy atom. The number of nitrogens with one attached hydrogen (secondary N) is 1. The minimum atomic E-state index is -0.501. The number of fused-ring (bicyclic) bond motifs is 1. The van der Waals surface area contributed by atoms with Crippen molar-refractivity contribution in [2.75, 3.05) is 11.1 Å². The Hall–Kier alpha value is -2.37. The number of benzene rings is 2. The number of amides is 1. The fraction of sp³-hybridized carbons (Fsp3) is 0.167. The Morgan fingerprint density at radius 1 is 1.35 bits per heavy atom. The predicted molar refractivity (Wildman–Crippen MR) is 103 cm³/mol. The van der Waals surface area contributed by atoms with E-state index in [0.29, 0.717) is 22.6 Å². The largest absolute Gasteiger partial charge is 0.323 e. The van der Waals surface area contributed by atoms with Crippen LogP contribution in [0.15, 0.2) is 52.1 Å². The Balaban J connectivity index is 1.72. The summed E-state index contributed by atoms with van der Waals surface area (Å²) in [4.78, 5) is 16.7. The van der Waals surface area contributed by atoms with Crippen molar-refractivity contribution in [1.29, 1.82) is 5.26 Å². The van der Waals surface area contributed by atoms with Crippen molar-refractivity contribution in [3.05, 3.63) is 52.8 Å². The van der Waals surface area contributed by atoms with Crippen LogP contribution < -0.4 is 5.32 Å². The monoisotopic (exact) mass is 432 g/mol. The molecule has 0 spiro atoms. The molecule has 0 aliphatic carbocycles. The van der Waals surface area contributed by atoms with E-state index in [1.165, 1.54) is 23.9 Å². The normalized spacial score (nSPS) is 10.7. The van der Waals surface area contributed by atoms with Crippen molar-refractivity contribution >= 4 is 50.3 Å². The van der Waals surface area contributed by atoms with Gasteiger partial charge in [-0.05, 0) is 30.3 Å². The molecule has 2 aromatic carbocycles. The molecule has 0 fully saturated rings. The van der Waals surface area contributed by atoms with Gasteiger partial charge in [0.1, 0.15) is 5.82 Å². The number of anilines is 1. The molecule has 0 saturated heterocycles. The van der Waals surface area contributed by atoms with E-state index < -0.39 is 5.82 Å². The minimum Gasteiger partial charge on any atom is -0.323 e. The molecule has 8 heteroatoms. The summed E-state index contributed by atoms with van der Waals surface area (Å²) in [6, 6.07) is 14.2. The molecular weight excluding hydrogens is 419 g/mol. The van der Waals surface area contributed by atoms with Crippen LogP contribution in [0, 0.1) is 17.1 Å². The highest BCUT2D eigenvalue weighted by Gasteiger charge is 2.14. The third-order valence-corrected chi connectivity index (χ3v) is 5.07. The van der Waals surface area contributed by atoms with Gasteiger partial charge in [-0.2, -0.15) is 5.26 Å². The molecule has 1 amide bonds. The van der Waals surface area contributed by atoms with Crippen LogP contribution in [-0.2, 0) is 11.3 Å². The van der Waals surface area contributed by atoms with Crippen LogP contribution in [0.25, 0.3) is 11.0 Å². The third kappa shape index (κ3) is 4.23. The summed E-state index contributed by atoms with van der Waals surface area (Å²) in [6.45, 7) is 0.502. The molecular formula is C18H14BrFN4OS. The number of aryl methyl sites for hydroxylation is 1. The molecule has 1 aromatic heterocycles. The Morgan fingerprint density at radius 2 is 2.15 bits per heavy atom. The predicted octanol–water partition coefficient (Wildman–Crippen LogP) is 4.58. The van der Waals surface area contributed by atoms with Gasteiger partial charge in [-0.3, -0.25) is 4.79 Å². The quantitative estimate of drug-likeness (QED) is 0.578. The first-order valence-electron chi connectivity index (χ1n) is 7.78. The number of hydrogen-bond acceptors (Lipinski definition) is 4. The number of carbonyl (C=O) groups excluding carboxylic acids is 1. The second-order valence-corrected chi connectivity index (χ2v) is 7.26. The third-order valence-electron chi connectivity index (χ3n) is 3.60. The topological polar surface area (TPSA) is 70.7 Å². The first kappa shape index (κ1) is 18.4. The zero-order chi connectivity index (χ0) is 18.5. The van der Waals surface area contributed by atoms with Gasteiger partial charge in [0.25, 0.3) is 0 Å². The van der Waals surface area contributed by atoms with E-state index >= 15 is 0 Å². The molecule has 0 aliphatic rings. The summed E-state index contributed by atoms with van der Waals surface area (Å²) in [5, 5.41) is 12.1. The van der Waals surface area contributed by atoms with Crippen molar-refractivity contribution in [3.8, 4) is 6.07 Å². The van der Waals surface area contributed by atoms with Gasteiger partial charge in [-0.1, -0.05) is 39.8 Å². The van der Waals surface area contributed by atoms with Crippen LogP contribution in [0.1, 0.15) is 6.42 Å². The molecule has 132 valence electrons. The molecule has 1 heterocycles. The number of carbonyl (C=O) groups is 1. The molecule has 0 radical (unpaired) electrons. The van der Waals surface area contributed by atoms with E-state index in [9.17, 15) is 9.18 Å². The van der Waals surface area contributed by atoms with E-state index in [-0.39, 0.29) is 17.3 Å². The summed E-state index contributed by atoms with van der Waals surface area (Å²) in [6.07, 6.45) is 0.351. The first-order chi connectivity index (χ1) is 12.6. The molecule has 26 heavy (non-hydrogen) atoms. The maximum absolute atomic E-state index is 13.8.